The minimum atomic E-state index is -5.08. The number of amides is 14. The molecule has 2 aliphatic heterocycles. The number of likely N-dealkylation sites (tertiary alicyclic amines) is 1. The molecule has 0 bridgehead atoms. The van der Waals surface area contributed by atoms with Crippen molar-refractivity contribution in [2.24, 2.45) is 35.3 Å². The lowest BCUT2D eigenvalue weighted by Crippen LogP contribution is -2.60. The van der Waals surface area contributed by atoms with E-state index in [4.69, 9.17) is 38.9 Å². The van der Waals surface area contributed by atoms with E-state index in [1.807, 2.05) is 19.9 Å². The molecule has 0 spiro atoms. The highest BCUT2D eigenvalue weighted by Crippen LogP contribution is 2.48. The number of halogens is 3. The zero-order valence-corrected chi connectivity index (χ0v) is 79.1. The van der Waals surface area contributed by atoms with E-state index in [0.29, 0.717) is 68.8 Å². The fraction of sp³-hybridized carbons (Fsp3) is 0.516. The SMILES string of the molecule is CCC(C)[C@@H]([C@@H](CC(=O)N1CCC[C@H]1[C@H](OC)[C@@H](C)C(=O)N[C@H](C)[C@@H](O)c1ccccc1)OC)N(C)C(=O)[C@@H](NC(=O)[C@H](C(C)C)N(C)C(=O)OCc1ccc(NC(=O)[C@H](CCCNC(N)=O)NC(=O)[C@@H](NC(=O)COCCOCCOCCOc2ccc(N3C(=O)C(Sc4ccc(C(=O)NC)cc4)=C(Sc4ccc(C(=O)NC)cc4)C3=O)c(C(F)(F)F)c2)C(C)C)cc1)C(C)C. The number of ether oxygens (including phenoxy) is 7. The highest BCUT2D eigenvalue weighted by atomic mass is 32.2. The van der Waals surface area contributed by atoms with E-state index in [0.717, 1.165) is 34.5 Å². The molecule has 0 aliphatic carbocycles. The Hall–Kier alpha value is -11.2. The van der Waals surface area contributed by atoms with Crippen LogP contribution in [-0.2, 0) is 84.4 Å². The highest BCUT2D eigenvalue weighted by Gasteiger charge is 2.48. The molecule has 14 amide bonds. The fourth-order valence-corrected chi connectivity index (χ4v) is 17.2. The number of urea groups is 1. The number of nitrogens with zero attached hydrogens (tertiary/aromatic N) is 4. The fourth-order valence-electron chi connectivity index (χ4n) is 15.3. The first-order valence-electron chi connectivity index (χ1n) is 43.8. The summed E-state index contributed by atoms with van der Waals surface area (Å²) >= 11 is 1.66. The van der Waals surface area contributed by atoms with Crippen LogP contribution in [0.1, 0.15) is 151 Å². The molecule has 11 N–H and O–H groups in total. The molecule has 0 radical (unpaired) electrons. The number of primary amides is 1. The summed E-state index contributed by atoms with van der Waals surface area (Å²) in [5.74, 6) is -9.14. The van der Waals surface area contributed by atoms with Crippen molar-refractivity contribution in [1.82, 2.24) is 51.9 Å². The topological polar surface area (TPSA) is 442 Å². The van der Waals surface area contributed by atoms with Crippen molar-refractivity contribution in [1.29, 1.82) is 0 Å². The van der Waals surface area contributed by atoms with Crippen LogP contribution in [0.3, 0.4) is 0 Å². The number of carbonyl (C=O) groups excluding carboxylic acids is 13. The maximum absolute atomic E-state index is 14.9. The number of benzene rings is 5. The van der Waals surface area contributed by atoms with Crippen LogP contribution < -0.4 is 57.9 Å². The van der Waals surface area contributed by atoms with Gasteiger partial charge in [-0.2, -0.15) is 13.2 Å². The second-order valence-electron chi connectivity index (χ2n) is 33.1. The molecule has 132 heavy (non-hydrogen) atoms. The van der Waals surface area contributed by atoms with Gasteiger partial charge in [-0.1, -0.05) is 135 Å². The van der Waals surface area contributed by atoms with Gasteiger partial charge in [-0.25, -0.2) is 14.5 Å². The van der Waals surface area contributed by atoms with Crippen LogP contribution in [0.2, 0.25) is 0 Å². The zero-order chi connectivity index (χ0) is 97.4. The Morgan fingerprint density at radius 2 is 1.20 bits per heavy atom. The quantitative estimate of drug-likeness (QED) is 0.0128. The number of methoxy groups -OCH3 is 2. The van der Waals surface area contributed by atoms with Gasteiger partial charge in [0, 0.05) is 82.1 Å². The van der Waals surface area contributed by atoms with E-state index < -0.39 is 162 Å². The van der Waals surface area contributed by atoms with Gasteiger partial charge in [0.25, 0.3) is 23.6 Å². The molecule has 7 rings (SSSR count). The molecule has 722 valence electrons. The Labute approximate surface area is 776 Å². The maximum atomic E-state index is 14.9. The average Bonchev–Trinajstić information content (AvgIpc) is 1.63. The van der Waals surface area contributed by atoms with Crippen LogP contribution in [0.4, 0.5) is 34.1 Å². The zero-order valence-electron chi connectivity index (χ0n) is 77.4. The summed E-state index contributed by atoms with van der Waals surface area (Å²) in [5, 5.41) is 32.4. The third-order valence-electron chi connectivity index (χ3n) is 22.6. The first-order chi connectivity index (χ1) is 62.7. The van der Waals surface area contributed by atoms with Crippen LogP contribution in [0.15, 0.2) is 141 Å². The maximum Gasteiger partial charge on any atom is 0.418 e. The summed E-state index contributed by atoms with van der Waals surface area (Å²) in [6, 6.07) is 23.0. The van der Waals surface area contributed by atoms with Gasteiger partial charge in [-0.15, -0.1) is 0 Å². The van der Waals surface area contributed by atoms with E-state index in [1.54, 1.807) is 104 Å². The summed E-state index contributed by atoms with van der Waals surface area (Å²) < 4.78 is 84.8. The summed E-state index contributed by atoms with van der Waals surface area (Å²) in [6.07, 6.45) is -6.50. The Morgan fingerprint density at radius 1 is 0.636 bits per heavy atom. The van der Waals surface area contributed by atoms with Gasteiger partial charge in [-0.3, -0.25) is 57.6 Å². The average molecular weight is 1880 g/mol. The second-order valence-corrected chi connectivity index (χ2v) is 35.3. The van der Waals surface area contributed by atoms with E-state index >= 15 is 0 Å². The lowest BCUT2D eigenvalue weighted by Gasteiger charge is -2.41. The molecule has 2 aliphatic rings. The van der Waals surface area contributed by atoms with Gasteiger partial charge in [0.1, 0.15) is 49.7 Å². The summed E-state index contributed by atoms with van der Waals surface area (Å²) in [4.78, 5) is 183. The number of rotatable bonds is 51. The van der Waals surface area contributed by atoms with E-state index in [2.05, 4.69) is 42.5 Å². The molecule has 0 aromatic heterocycles. The third-order valence-corrected chi connectivity index (χ3v) is 25.0. The van der Waals surface area contributed by atoms with E-state index in [-0.39, 0.29) is 123 Å². The number of hydrogen-bond acceptors (Lipinski definition) is 23. The summed E-state index contributed by atoms with van der Waals surface area (Å²) in [6.45, 7) is 17.1. The van der Waals surface area contributed by atoms with Crippen LogP contribution >= 0.6 is 23.5 Å². The van der Waals surface area contributed by atoms with Crippen molar-refractivity contribution in [3.8, 4) is 5.75 Å². The third kappa shape index (κ3) is 30.7. The number of carbonyl (C=O) groups is 13. The molecular weight excluding hydrogens is 1760 g/mol. The van der Waals surface area contributed by atoms with Crippen LogP contribution in [0.5, 0.6) is 5.75 Å². The smallest absolute Gasteiger partial charge is 0.418 e. The Balaban J connectivity index is 0.855. The number of anilines is 2. The van der Waals surface area contributed by atoms with Gasteiger partial charge in [0.2, 0.25) is 41.4 Å². The molecule has 0 saturated carbocycles. The highest BCUT2D eigenvalue weighted by molar-refractivity contribution is 8.08. The van der Waals surface area contributed by atoms with Crippen LogP contribution in [-0.4, -0.2) is 253 Å². The van der Waals surface area contributed by atoms with Crippen molar-refractivity contribution in [3.05, 3.63) is 159 Å². The molecule has 34 nitrogen and oxygen atoms in total. The van der Waals surface area contributed by atoms with Crippen molar-refractivity contribution < 1.29 is 114 Å². The number of aliphatic hydroxyl groups is 1. The van der Waals surface area contributed by atoms with Crippen LogP contribution in [0.25, 0.3) is 0 Å². The lowest BCUT2D eigenvalue weighted by atomic mass is 9.89. The molecule has 1 fully saturated rings. The van der Waals surface area contributed by atoms with Gasteiger partial charge in [-0.05, 0) is 146 Å². The number of nitrogens with one attached hydrogen (secondary N) is 8. The number of thioether (sulfide) groups is 2. The number of likely N-dealkylation sites (N-methyl/N-ethyl adjacent to an activating group) is 2. The normalized spacial score (nSPS) is 15.9. The number of imide groups is 1. The van der Waals surface area contributed by atoms with Gasteiger partial charge in [0.15, 0.2) is 0 Å². The van der Waals surface area contributed by atoms with Crippen molar-refractivity contribution in [2.75, 3.05) is 112 Å². The van der Waals surface area contributed by atoms with E-state index in [1.165, 1.54) is 107 Å². The largest absolute Gasteiger partial charge is 0.491 e. The number of nitrogens with two attached hydrogens (primary N) is 1. The second kappa shape index (κ2) is 52.3. The molecule has 12 atom stereocenters. The molecular formula is C93H126F3N13O21S2. The Kier molecular flexibility index (Phi) is 42.7. The van der Waals surface area contributed by atoms with Gasteiger partial charge < -0.3 is 96.3 Å². The minimum absolute atomic E-state index is 0.00532. The molecule has 1 saturated heterocycles. The minimum Gasteiger partial charge on any atom is -0.491 e. The predicted octanol–water partition coefficient (Wildman–Crippen LogP) is 9.13. The number of alkyl halides is 3. The first kappa shape index (κ1) is 108. The monoisotopic (exact) mass is 1880 g/mol. The molecule has 39 heteroatoms. The first-order valence-corrected chi connectivity index (χ1v) is 45.4. The summed E-state index contributed by atoms with van der Waals surface area (Å²) in [7, 11) is 8.92. The van der Waals surface area contributed by atoms with Crippen molar-refractivity contribution in [2.45, 2.75) is 191 Å². The molecule has 1 unspecified atom stereocenters. The van der Waals surface area contributed by atoms with Crippen molar-refractivity contribution >= 4 is 112 Å². The standard InChI is InChI=1S/C93H126F3N13O21S2/c1-17-56(8)77(71(124-15)50-73(111)108-42-22-26-70(108)79(125-16)57(9)82(113)101-58(10)78(112)60-23-19-18-20-24-60)106(13)88(119)75(54(4)5)105-87(118)76(55(6)7)107(14)92(123)130-51-59-27-33-63(34-28-59)102-85(116)68(25-21-41-100-91(97)122)103-86(117)74(53(2)3)104-72(110)52-128-46-45-126-43-44-127-47-48-129-64-35-40-69(67(49-64)93(94,95)96)109-89(120)80(131-65-36-29-61(30-37-65)83(114)98-11)81(90(109)121)132-66-38-31-62(32-39-66)84(115)99-12/h18-20,23-24,27-40,49,53-58,68,70-71,74-79,112H,17,21-22,25-26,41-48,50-52H2,1-16H3,(H,98,114)(H,99,115)(H,101,113)(H,102,116)(H,103,117)(H,104,110)(H,105,118)(H3,97,100,122)/t56?,57-,58-,68+,70+,71-,74+,75+,76+,77+,78-,79-/m1/s1. The molecule has 5 aromatic carbocycles. The van der Waals surface area contributed by atoms with Crippen LogP contribution in [0, 0.1) is 29.6 Å². The predicted molar refractivity (Wildman–Crippen MR) is 489 cm³/mol. The molecule has 2 heterocycles. The Bertz CT molecular complexity index is 4690. The van der Waals surface area contributed by atoms with Gasteiger partial charge >= 0.3 is 18.3 Å². The summed E-state index contributed by atoms with van der Waals surface area (Å²) in [5.41, 5.74) is 5.21. The number of hydrogen-bond donors (Lipinski definition) is 10. The molecule has 5 aromatic rings. The van der Waals surface area contributed by atoms with E-state index in [9.17, 15) is 80.6 Å². The van der Waals surface area contributed by atoms with Crippen molar-refractivity contribution in [3.63, 3.8) is 0 Å². The van der Waals surface area contributed by atoms with Gasteiger partial charge in [0.05, 0.1) is 103 Å². The number of aliphatic hydroxyl groups excluding tert-OH is 1. The lowest BCUT2D eigenvalue weighted by molar-refractivity contribution is -0.148. The Morgan fingerprint density at radius 3 is 1.73 bits per heavy atom.